The number of ether oxygens (including phenoxy) is 2. The van der Waals surface area contributed by atoms with E-state index in [0.717, 1.165) is 39.5 Å². The standard InChI is InChI=1S/C27H25NO3/c1-30-25-12-8-20(9-13-25)16-22-18-28(24-6-4-3-5-7-24)19-23(27(22)29)17-21-10-14-26(31-2)15-11-21/h3-17H,18-19H2,1-2H3. The smallest absolute Gasteiger partial charge is 0.188 e. The highest BCUT2D eigenvalue weighted by Crippen LogP contribution is 2.27. The van der Waals surface area contributed by atoms with Crippen LogP contribution in [0.4, 0.5) is 5.69 Å². The van der Waals surface area contributed by atoms with Crippen LogP contribution < -0.4 is 14.4 Å². The summed E-state index contributed by atoms with van der Waals surface area (Å²) in [5.41, 5.74) is 4.57. The molecule has 1 aliphatic heterocycles. The molecule has 0 saturated carbocycles. The molecule has 0 aromatic heterocycles. The summed E-state index contributed by atoms with van der Waals surface area (Å²) in [5, 5.41) is 0. The van der Waals surface area contributed by atoms with E-state index in [0.29, 0.717) is 13.1 Å². The van der Waals surface area contributed by atoms with Gasteiger partial charge in [-0.05, 0) is 59.7 Å². The van der Waals surface area contributed by atoms with Crippen molar-refractivity contribution in [3.8, 4) is 11.5 Å². The zero-order valence-electron chi connectivity index (χ0n) is 17.7. The van der Waals surface area contributed by atoms with E-state index in [2.05, 4.69) is 17.0 Å². The van der Waals surface area contributed by atoms with Crippen molar-refractivity contribution in [2.24, 2.45) is 0 Å². The lowest BCUT2D eigenvalue weighted by atomic mass is 9.93. The van der Waals surface area contributed by atoms with Crippen molar-refractivity contribution < 1.29 is 14.3 Å². The van der Waals surface area contributed by atoms with Crippen LogP contribution in [0.3, 0.4) is 0 Å². The summed E-state index contributed by atoms with van der Waals surface area (Å²) in [6.45, 7) is 1.13. The molecule has 4 rings (SSSR count). The molecule has 0 unspecified atom stereocenters. The average Bonchev–Trinajstić information content (AvgIpc) is 2.83. The molecular formula is C27H25NO3. The Balaban J connectivity index is 1.70. The van der Waals surface area contributed by atoms with Crippen LogP contribution in [-0.4, -0.2) is 33.1 Å². The minimum Gasteiger partial charge on any atom is -0.497 e. The molecule has 4 nitrogen and oxygen atoms in total. The Morgan fingerprint density at radius 3 is 1.55 bits per heavy atom. The van der Waals surface area contributed by atoms with Crippen molar-refractivity contribution in [3.63, 3.8) is 0 Å². The van der Waals surface area contributed by atoms with Gasteiger partial charge in [0.2, 0.25) is 0 Å². The number of benzene rings is 3. The molecular weight excluding hydrogens is 386 g/mol. The first-order valence-electron chi connectivity index (χ1n) is 10.2. The number of hydrogen-bond acceptors (Lipinski definition) is 4. The van der Waals surface area contributed by atoms with Gasteiger partial charge < -0.3 is 14.4 Å². The third kappa shape index (κ3) is 4.86. The van der Waals surface area contributed by atoms with Crippen LogP contribution >= 0.6 is 0 Å². The summed E-state index contributed by atoms with van der Waals surface area (Å²) in [6.07, 6.45) is 3.94. The average molecular weight is 412 g/mol. The fourth-order valence-electron chi connectivity index (χ4n) is 3.66. The molecule has 0 radical (unpaired) electrons. The van der Waals surface area contributed by atoms with Gasteiger partial charge in [0.1, 0.15) is 11.5 Å². The Labute approximate surface area is 183 Å². The molecule has 0 aliphatic carbocycles. The van der Waals surface area contributed by atoms with Crippen molar-refractivity contribution in [3.05, 3.63) is 101 Å². The highest BCUT2D eigenvalue weighted by Gasteiger charge is 2.26. The molecule has 1 saturated heterocycles. The van der Waals surface area contributed by atoms with Crippen molar-refractivity contribution >= 4 is 23.6 Å². The number of carbonyl (C=O) groups is 1. The number of piperidine rings is 1. The number of ketones is 1. The largest absolute Gasteiger partial charge is 0.497 e. The molecule has 4 heteroatoms. The maximum absolute atomic E-state index is 13.3. The van der Waals surface area contributed by atoms with E-state index < -0.39 is 0 Å². The SMILES string of the molecule is COc1ccc(C=C2CN(c3ccccc3)CC(=Cc3ccc(OC)cc3)C2=O)cc1. The van der Waals surface area contributed by atoms with Crippen LogP contribution in [0, 0.1) is 0 Å². The van der Waals surface area contributed by atoms with E-state index >= 15 is 0 Å². The second kappa shape index (κ2) is 9.35. The second-order valence-electron chi connectivity index (χ2n) is 7.41. The maximum Gasteiger partial charge on any atom is 0.188 e. The lowest BCUT2D eigenvalue weighted by Gasteiger charge is -2.31. The minimum absolute atomic E-state index is 0.0822. The number of Topliss-reactive ketones (excluding diaryl/α,β-unsaturated/α-hetero) is 1. The van der Waals surface area contributed by atoms with E-state index in [1.807, 2.05) is 78.9 Å². The topological polar surface area (TPSA) is 38.8 Å². The number of methoxy groups -OCH3 is 2. The summed E-state index contributed by atoms with van der Waals surface area (Å²) in [4.78, 5) is 15.6. The van der Waals surface area contributed by atoms with Crippen LogP contribution in [-0.2, 0) is 4.79 Å². The minimum atomic E-state index is 0.0822. The molecule has 1 fully saturated rings. The zero-order chi connectivity index (χ0) is 21.6. The molecule has 3 aromatic rings. The Kier molecular flexibility index (Phi) is 6.18. The number of carbonyl (C=O) groups excluding carboxylic acids is 1. The highest BCUT2D eigenvalue weighted by molar-refractivity contribution is 6.15. The van der Waals surface area contributed by atoms with Gasteiger partial charge in [0.15, 0.2) is 5.78 Å². The molecule has 0 N–H and O–H groups in total. The second-order valence-corrected chi connectivity index (χ2v) is 7.41. The monoisotopic (exact) mass is 411 g/mol. The fraction of sp³-hybridized carbons (Fsp3) is 0.148. The summed E-state index contributed by atoms with van der Waals surface area (Å²) < 4.78 is 10.5. The van der Waals surface area contributed by atoms with Crippen molar-refractivity contribution in [1.82, 2.24) is 0 Å². The zero-order valence-corrected chi connectivity index (χ0v) is 17.7. The maximum atomic E-state index is 13.3. The van der Waals surface area contributed by atoms with Crippen LogP contribution in [0.15, 0.2) is 90.0 Å². The van der Waals surface area contributed by atoms with Crippen LogP contribution in [0.1, 0.15) is 11.1 Å². The molecule has 0 atom stereocenters. The van der Waals surface area contributed by atoms with Gasteiger partial charge in [-0.25, -0.2) is 0 Å². The van der Waals surface area contributed by atoms with E-state index in [9.17, 15) is 4.79 Å². The van der Waals surface area contributed by atoms with Gasteiger partial charge in [0.25, 0.3) is 0 Å². The van der Waals surface area contributed by atoms with Crippen molar-refractivity contribution in [2.75, 3.05) is 32.2 Å². The normalized spacial score (nSPS) is 16.6. The number of nitrogens with zero attached hydrogens (tertiary/aromatic N) is 1. The number of hydrogen-bond donors (Lipinski definition) is 0. The van der Waals surface area contributed by atoms with Gasteiger partial charge in [0.05, 0.1) is 14.2 Å². The van der Waals surface area contributed by atoms with Crippen LogP contribution in [0.5, 0.6) is 11.5 Å². The van der Waals surface area contributed by atoms with Crippen LogP contribution in [0.25, 0.3) is 12.2 Å². The molecule has 156 valence electrons. The third-order valence-electron chi connectivity index (χ3n) is 5.34. The Morgan fingerprint density at radius 2 is 1.13 bits per heavy atom. The number of rotatable bonds is 5. The van der Waals surface area contributed by atoms with Crippen molar-refractivity contribution in [1.29, 1.82) is 0 Å². The first kappa shape index (κ1) is 20.5. The van der Waals surface area contributed by atoms with Gasteiger partial charge in [-0.15, -0.1) is 0 Å². The Morgan fingerprint density at radius 1 is 0.677 bits per heavy atom. The highest BCUT2D eigenvalue weighted by atomic mass is 16.5. The lowest BCUT2D eigenvalue weighted by molar-refractivity contribution is -0.112. The molecule has 3 aromatic carbocycles. The summed E-state index contributed by atoms with van der Waals surface area (Å²) in [5.74, 6) is 1.67. The molecule has 0 spiro atoms. The summed E-state index contributed by atoms with van der Waals surface area (Å²) in [6, 6.07) is 25.7. The predicted molar refractivity (Wildman–Crippen MR) is 126 cm³/mol. The summed E-state index contributed by atoms with van der Waals surface area (Å²) in [7, 11) is 3.29. The quantitative estimate of drug-likeness (QED) is 0.537. The van der Waals surface area contributed by atoms with E-state index in [1.165, 1.54) is 0 Å². The lowest BCUT2D eigenvalue weighted by Crippen LogP contribution is -2.37. The van der Waals surface area contributed by atoms with E-state index in [1.54, 1.807) is 14.2 Å². The van der Waals surface area contributed by atoms with E-state index in [4.69, 9.17) is 9.47 Å². The third-order valence-corrected chi connectivity index (χ3v) is 5.34. The number of anilines is 1. The van der Waals surface area contributed by atoms with Gasteiger partial charge in [0, 0.05) is 29.9 Å². The molecule has 0 bridgehead atoms. The van der Waals surface area contributed by atoms with Crippen molar-refractivity contribution in [2.45, 2.75) is 0 Å². The molecule has 1 aliphatic rings. The van der Waals surface area contributed by atoms with Gasteiger partial charge >= 0.3 is 0 Å². The fourth-order valence-corrected chi connectivity index (χ4v) is 3.66. The van der Waals surface area contributed by atoms with Gasteiger partial charge in [-0.1, -0.05) is 42.5 Å². The first-order chi connectivity index (χ1) is 15.2. The van der Waals surface area contributed by atoms with Crippen LogP contribution in [0.2, 0.25) is 0 Å². The van der Waals surface area contributed by atoms with Gasteiger partial charge in [-0.3, -0.25) is 4.79 Å². The Bertz CT molecular complexity index is 1030. The molecule has 0 amide bonds. The Hall–Kier alpha value is -3.79. The molecule has 1 heterocycles. The molecule has 31 heavy (non-hydrogen) atoms. The first-order valence-corrected chi connectivity index (χ1v) is 10.2. The predicted octanol–water partition coefficient (Wildman–Crippen LogP) is 5.26. The number of para-hydroxylation sites is 1. The van der Waals surface area contributed by atoms with E-state index in [-0.39, 0.29) is 5.78 Å². The van der Waals surface area contributed by atoms with Gasteiger partial charge in [-0.2, -0.15) is 0 Å². The summed E-state index contributed by atoms with van der Waals surface area (Å²) >= 11 is 0.